The number of hydrogen-bond acceptors (Lipinski definition) is 5. The van der Waals surface area contributed by atoms with Gasteiger partial charge in [-0.15, -0.1) is 0 Å². The van der Waals surface area contributed by atoms with Gasteiger partial charge in [-0.25, -0.2) is 0 Å². The molecule has 0 atom stereocenters. The molecule has 0 aromatic heterocycles. The normalized spacial score (nSPS) is 9.96. The average Bonchev–Trinajstić information content (AvgIpc) is 2.70. The van der Waals surface area contributed by atoms with Crippen molar-refractivity contribution in [2.24, 2.45) is 0 Å². The highest BCUT2D eigenvalue weighted by Gasteiger charge is 2.12. The Morgan fingerprint density at radius 1 is 1.11 bits per heavy atom. The van der Waals surface area contributed by atoms with Crippen LogP contribution in [0.3, 0.4) is 0 Å². The number of nitrogens with one attached hydrogen (secondary N) is 1. The van der Waals surface area contributed by atoms with Gasteiger partial charge in [0.1, 0.15) is 25.4 Å². The maximum Gasteiger partial charge on any atom is 0.234 e. The Bertz CT molecular complexity index is 782. The largest absolute Gasteiger partial charge is 0.493 e. The van der Waals surface area contributed by atoms with Crippen molar-refractivity contribution in [2.75, 3.05) is 20.3 Å². The van der Waals surface area contributed by atoms with E-state index in [1.165, 1.54) is 5.56 Å². The van der Waals surface area contributed by atoms with Crippen LogP contribution in [-0.2, 0) is 17.8 Å². The quantitative estimate of drug-likeness (QED) is 0.651. The van der Waals surface area contributed by atoms with E-state index < -0.39 is 0 Å². The number of nitriles is 1. The SMILES string of the molecule is CCc1ccc(OCCOc2c(CNC(=O)CC#N)cccc2OC)cc1. The lowest BCUT2D eigenvalue weighted by Gasteiger charge is -2.16. The van der Waals surface area contributed by atoms with Crippen molar-refractivity contribution >= 4 is 5.91 Å². The van der Waals surface area contributed by atoms with Crippen LogP contribution in [0.4, 0.5) is 0 Å². The smallest absolute Gasteiger partial charge is 0.234 e. The van der Waals surface area contributed by atoms with E-state index in [0.717, 1.165) is 17.7 Å². The third-order valence-corrected chi connectivity index (χ3v) is 3.93. The van der Waals surface area contributed by atoms with E-state index >= 15 is 0 Å². The summed E-state index contributed by atoms with van der Waals surface area (Å²) in [5.74, 6) is 1.60. The summed E-state index contributed by atoms with van der Waals surface area (Å²) in [5, 5.41) is 11.3. The van der Waals surface area contributed by atoms with Crippen LogP contribution in [0, 0.1) is 11.3 Å². The highest BCUT2D eigenvalue weighted by Crippen LogP contribution is 2.31. The highest BCUT2D eigenvalue weighted by atomic mass is 16.5. The van der Waals surface area contributed by atoms with Gasteiger partial charge in [-0.1, -0.05) is 31.2 Å². The van der Waals surface area contributed by atoms with Gasteiger partial charge in [-0.3, -0.25) is 4.79 Å². The van der Waals surface area contributed by atoms with Crippen molar-refractivity contribution in [3.63, 3.8) is 0 Å². The molecule has 1 N–H and O–H groups in total. The molecular weight excluding hydrogens is 344 g/mol. The predicted octanol–water partition coefficient (Wildman–Crippen LogP) is 3.25. The molecule has 0 aliphatic heterocycles. The molecule has 0 unspecified atom stereocenters. The minimum atomic E-state index is -0.329. The zero-order valence-electron chi connectivity index (χ0n) is 15.7. The van der Waals surface area contributed by atoms with Gasteiger partial charge in [-0.05, 0) is 30.2 Å². The molecule has 6 heteroatoms. The lowest BCUT2D eigenvalue weighted by molar-refractivity contribution is -0.120. The summed E-state index contributed by atoms with van der Waals surface area (Å²) < 4.78 is 16.9. The van der Waals surface area contributed by atoms with Crippen LogP contribution in [-0.4, -0.2) is 26.2 Å². The van der Waals surface area contributed by atoms with Crippen molar-refractivity contribution in [3.05, 3.63) is 53.6 Å². The van der Waals surface area contributed by atoms with Crippen molar-refractivity contribution in [3.8, 4) is 23.3 Å². The minimum absolute atomic E-state index is 0.176. The molecule has 6 nitrogen and oxygen atoms in total. The molecule has 0 aliphatic rings. The number of hydrogen-bond donors (Lipinski definition) is 1. The van der Waals surface area contributed by atoms with Gasteiger partial charge in [0.05, 0.1) is 13.2 Å². The number of amides is 1. The molecule has 27 heavy (non-hydrogen) atoms. The van der Waals surface area contributed by atoms with E-state index in [2.05, 4.69) is 12.2 Å². The van der Waals surface area contributed by atoms with Crippen LogP contribution >= 0.6 is 0 Å². The van der Waals surface area contributed by atoms with Gasteiger partial charge >= 0.3 is 0 Å². The lowest BCUT2D eigenvalue weighted by Crippen LogP contribution is -2.22. The highest BCUT2D eigenvalue weighted by molar-refractivity contribution is 5.78. The second-order valence-corrected chi connectivity index (χ2v) is 5.75. The van der Waals surface area contributed by atoms with Gasteiger partial charge < -0.3 is 19.5 Å². The predicted molar refractivity (Wildman–Crippen MR) is 102 cm³/mol. The molecule has 142 valence electrons. The summed E-state index contributed by atoms with van der Waals surface area (Å²) in [7, 11) is 1.56. The Hall–Kier alpha value is -3.20. The first-order valence-corrected chi connectivity index (χ1v) is 8.82. The third-order valence-electron chi connectivity index (χ3n) is 3.93. The molecule has 2 aromatic rings. The summed E-state index contributed by atoms with van der Waals surface area (Å²) >= 11 is 0. The maximum atomic E-state index is 11.5. The fraction of sp³-hybridized carbons (Fsp3) is 0.333. The minimum Gasteiger partial charge on any atom is -0.493 e. The summed E-state index contributed by atoms with van der Waals surface area (Å²) in [4.78, 5) is 11.5. The van der Waals surface area contributed by atoms with Gasteiger partial charge in [-0.2, -0.15) is 5.26 Å². The standard InChI is InChI=1S/C21H24N2O4/c1-3-16-7-9-18(10-8-16)26-13-14-27-21-17(5-4-6-19(21)25-2)15-23-20(24)11-12-22/h4-10H,3,11,13-15H2,1-2H3,(H,23,24). The topological polar surface area (TPSA) is 80.6 Å². The molecule has 1 amide bonds. The molecule has 2 aromatic carbocycles. The molecule has 0 aliphatic carbocycles. The second kappa shape index (κ2) is 10.7. The average molecular weight is 368 g/mol. The Labute approximate surface area is 159 Å². The lowest BCUT2D eigenvalue weighted by atomic mass is 10.2. The van der Waals surface area contributed by atoms with E-state index in [1.807, 2.05) is 42.5 Å². The molecule has 0 heterocycles. The van der Waals surface area contributed by atoms with Crippen molar-refractivity contribution in [2.45, 2.75) is 26.3 Å². The number of methoxy groups -OCH3 is 1. The number of aryl methyl sites for hydroxylation is 1. The number of carbonyl (C=O) groups is 1. The van der Waals surface area contributed by atoms with E-state index in [4.69, 9.17) is 19.5 Å². The first-order chi connectivity index (χ1) is 13.2. The van der Waals surface area contributed by atoms with Crippen LogP contribution in [0.25, 0.3) is 0 Å². The van der Waals surface area contributed by atoms with Crippen molar-refractivity contribution in [1.82, 2.24) is 5.32 Å². The van der Waals surface area contributed by atoms with Gasteiger partial charge in [0.25, 0.3) is 0 Å². The summed E-state index contributed by atoms with van der Waals surface area (Å²) in [6.45, 7) is 3.07. The molecule has 0 saturated heterocycles. The number of nitrogens with zero attached hydrogens (tertiary/aromatic N) is 1. The fourth-order valence-electron chi connectivity index (χ4n) is 2.48. The molecular formula is C21H24N2O4. The van der Waals surface area contributed by atoms with Gasteiger partial charge in [0.2, 0.25) is 5.91 Å². The molecule has 0 spiro atoms. The molecule has 0 radical (unpaired) electrons. The van der Waals surface area contributed by atoms with Crippen LogP contribution in [0.1, 0.15) is 24.5 Å². The van der Waals surface area contributed by atoms with Crippen molar-refractivity contribution in [1.29, 1.82) is 5.26 Å². The number of rotatable bonds is 10. The number of carbonyl (C=O) groups excluding carboxylic acids is 1. The molecule has 0 bridgehead atoms. The van der Waals surface area contributed by atoms with Crippen LogP contribution in [0.15, 0.2) is 42.5 Å². The monoisotopic (exact) mass is 368 g/mol. The van der Waals surface area contributed by atoms with E-state index in [-0.39, 0.29) is 18.9 Å². The zero-order valence-corrected chi connectivity index (χ0v) is 15.7. The maximum absolute atomic E-state index is 11.5. The summed E-state index contributed by atoms with van der Waals surface area (Å²) in [6.07, 6.45) is 0.815. The van der Waals surface area contributed by atoms with Crippen molar-refractivity contribution < 1.29 is 19.0 Å². The Morgan fingerprint density at radius 2 is 1.85 bits per heavy atom. The van der Waals surface area contributed by atoms with Crippen LogP contribution in [0.2, 0.25) is 0 Å². The Balaban J connectivity index is 1.93. The molecule has 0 fully saturated rings. The molecule has 0 saturated carbocycles. The van der Waals surface area contributed by atoms with E-state index in [0.29, 0.717) is 24.7 Å². The number of ether oxygens (including phenoxy) is 3. The summed E-state index contributed by atoms with van der Waals surface area (Å²) in [5.41, 5.74) is 2.03. The fourth-order valence-corrected chi connectivity index (χ4v) is 2.48. The van der Waals surface area contributed by atoms with E-state index in [1.54, 1.807) is 13.2 Å². The van der Waals surface area contributed by atoms with E-state index in [9.17, 15) is 4.79 Å². The third kappa shape index (κ3) is 6.23. The Kier molecular flexibility index (Phi) is 7.98. The molecule has 2 rings (SSSR count). The van der Waals surface area contributed by atoms with Crippen LogP contribution in [0.5, 0.6) is 17.2 Å². The second-order valence-electron chi connectivity index (χ2n) is 5.75. The van der Waals surface area contributed by atoms with Gasteiger partial charge in [0.15, 0.2) is 11.5 Å². The first kappa shape index (κ1) is 20.1. The number of benzene rings is 2. The van der Waals surface area contributed by atoms with Gasteiger partial charge in [0, 0.05) is 12.1 Å². The summed E-state index contributed by atoms with van der Waals surface area (Å²) in [6, 6.07) is 15.2. The first-order valence-electron chi connectivity index (χ1n) is 8.82. The number of para-hydroxylation sites is 1. The Morgan fingerprint density at radius 3 is 2.52 bits per heavy atom. The van der Waals surface area contributed by atoms with Crippen LogP contribution < -0.4 is 19.5 Å². The zero-order chi connectivity index (χ0) is 19.5.